The van der Waals surface area contributed by atoms with Crippen LogP contribution in [0.3, 0.4) is 0 Å². The Labute approximate surface area is 236 Å². The number of primary sulfonamides is 1. The van der Waals surface area contributed by atoms with Crippen molar-refractivity contribution in [3.8, 4) is 0 Å². The lowest BCUT2D eigenvalue weighted by Crippen LogP contribution is -2.52. The molecule has 210 valence electrons. The van der Waals surface area contributed by atoms with Crippen molar-refractivity contribution in [2.75, 3.05) is 10.6 Å². The number of sulfonamides is 1. The fourth-order valence-electron chi connectivity index (χ4n) is 3.14. The van der Waals surface area contributed by atoms with E-state index in [1.165, 1.54) is 12.1 Å². The number of hydrogen-bond donors (Lipinski definition) is 7. The second-order valence-corrected chi connectivity index (χ2v) is 11.0. The average molecular weight is 675 g/mol. The molecule has 4 amide bonds. The highest BCUT2D eigenvalue weighted by Gasteiger charge is 2.26. The summed E-state index contributed by atoms with van der Waals surface area (Å²) in [7, 11) is -3.96. The highest BCUT2D eigenvalue weighted by molar-refractivity contribution is 14.1. The average Bonchev–Trinajstić information content (AvgIpc) is 2.85. The zero-order valence-electron chi connectivity index (χ0n) is 20.2. The maximum Gasteiger partial charge on any atom is 0.326 e. The Kier molecular flexibility index (Phi) is 11.6. The molecule has 0 unspecified atom stereocenters. The van der Waals surface area contributed by atoms with Crippen molar-refractivity contribution in [1.29, 1.82) is 0 Å². The summed E-state index contributed by atoms with van der Waals surface area (Å²) >= 11 is 2.10. The number of rotatable bonds is 13. The summed E-state index contributed by atoms with van der Waals surface area (Å²) in [6.07, 6.45) is -1.33. The number of anilines is 2. The van der Waals surface area contributed by atoms with Gasteiger partial charge in [0.1, 0.15) is 12.1 Å². The molecule has 0 spiro atoms. The number of nitrogens with two attached hydrogens (primary N) is 1. The topological polar surface area (TPSA) is 234 Å². The Morgan fingerprint density at radius 2 is 1.31 bits per heavy atom. The number of nitrogens with one attached hydrogen (secondary N) is 4. The summed E-state index contributed by atoms with van der Waals surface area (Å²) in [6, 6.07) is 7.73. The van der Waals surface area contributed by atoms with E-state index < -0.39 is 58.3 Å². The van der Waals surface area contributed by atoms with Crippen molar-refractivity contribution in [1.82, 2.24) is 10.6 Å². The summed E-state index contributed by atoms with van der Waals surface area (Å²) in [5, 5.41) is 32.9. The first-order valence-electron chi connectivity index (χ1n) is 11.3. The van der Waals surface area contributed by atoms with Crippen LogP contribution in [0.25, 0.3) is 0 Å². The zero-order chi connectivity index (χ0) is 29.2. The van der Waals surface area contributed by atoms with Crippen LogP contribution in [-0.4, -0.2) is 60.5 Å². The summed E-state index contributed by atoms with van der Waals surface area (Å²) in [5.41, 5.74) is 0.655. The predicted octanol–water partition coefficient (Wildman–Crippen LogP) is 1.28. The third kappa shape index (κ3) is 11.2. The molecule has 16 heteroatoms. The van der Waals surface area contributed by atoms with Crippen molar-refractivity contribution in [3.05, 3.63) is 52.1 Å². The summed E-state index contributed by atoms with van der Waals surface area (Å²) < 4.78 is 23.7. The van der Waals surface area contributed by atoms with E-state index in [9.17, 15) is 37.5 Å². The van der Waals surface area contributed by atoms with E-state index in [1.807, 2.05) is 0 Å². The van der Waals surface area contributed by atoms with Gasteiger partial charge in [-0.3, -0.25) is 14.4 Å². The molecule has 0 radical (unpaired) electrons. The molecule has 2 atom stereocenters. The first-order valence-corrected chi connectivity index (χ1v) is 13.9. The second-order valence-electron chi connectivity index (χ2n) is 8.15. The number of hydrogen-bond acceptors (Lipinski definition) is 7. The predicted molar refractivity (Wildman–Crippen MR) is 147 cm³/mol. The lowest BCUT2D eigenvalue weighted by molar-refractivity contribution is -0.139. The standard InChI is InChI=1S/C23H26IN5O9S/c24-13-1-3-14(4-2-13)26-19(30)11-9-18(22(34)35)29-23(36)28-17(10-12-20(31)32)21(33)27-15-5-7-16(8-6-15)39(25,37)38/h1-8,17-18H,9-12H2,(H,26,30)(H,27,33)(H,31,32)(H,34,35)(H2,25,37,38)(H2,28,29,36)/t17-,18-/m0/s1. The van der Waals surface area contributed by atoms with Crippen LogP contribution in [0.1, 0.15) is 25.7 Å². The number of carbonyl (C=O) groups is 5. The summed E-state index contributed by atoms with van der Waals surface area (Å²) in [5.74, 6) is -3.97. The molecule has 2 aromatic rings. The molecule has 0 aliphatic heterocycles. The van der Waals surface area contributed by atoms with Crippen LogP contribution in [0.2, 0.25) is 0 Å². The summed E-state index contributed by atoms with van der Waals surface area (Å²) in [6.45, 7) is 0. The van der Waals surface area contributed by atoms with Gasteiger partial charge < -0.3 is 31.5 Å². The third-order valence-corrected chi connectivity index (χ3v) is 6.76. The molecular formula is C23H26IN5O9S. The first-order chi connectivity index (χ1) is 18.2. The molecule has 0 aliphatic carbocycles. The van der Waals surface area contributed by atoms with Crippen molar-refractivity contribution in [2.24, 2.45) is 5.14 Å². The monoisotopic (exact) mass is 675 g/mol. The van der Waals surface area contributed by atoms with Crippen LogP contribution in [0, 0.1) is 3.57 Å². The van der Waals surface area contributed by atoms with Gasteiger partial charge in [-0.05, 0) is 84.0 Å². The van der Waals surface area contributed by atoms with Gasteiger partial charge in [-0.1, -0.05) is 0 Å². The SMILES string of the molecule is NS(=O)(=O)c1ccc(NC(=O)[C@H](CCC(=O)O)NC(=O)N[C@@H](CCC(=O)Nc2ccc(I)cc2)C(=O)O)cc1. The van der Waals surface area contributed by atoms with Crippen molar-refractivity contribution in [2.45, 2.75) is 42.7 Å². The van der Waals surface area contributed by atoms with Crippen LogP contribution >= 0.6 is 22.6 Å². The first kappa shape index (κ1) is 31.4. The van der Waals surface area contributed by atoms with E-state index in [0.29, 0.717) is 5.69 Å². The molecule has 14 nitrogen and oxygen atoms in total. The Morgan fingerprint density at radius 1 is 0.795 bits per heavy atom. The van der Waals surface area contributed by atoms with Crippen molar-refractivity contribution < 1.29 is 42.6 Å². The van der Waals surface area contributed by atoms with Gasteiger partial charge in [0, 0.05) is 27.8 Å². The van der Waals surface area contributed by atoms with Gasteiger partial charge in [-0.25, -0.2) is 23.1 Å². The van der Waals surface area contributed by atoms with Crippen LogP contribution in [0.15, 0.2) is 53.4 Å². The number of carboxylic acids is 2. The Morgan fingerprint density at radius 3 is 1.85 bits per heavy atom. The molecule has 0 aromatic heterocycles. The molecule has 0 heterocycles. The third-order valence-electron chi connectivity index (χ3n) is 5.11. The molecule has 0 saturated heterocycles. The molecule has 0 saturated carbocycles. The van der Waals surface area contributed by atoms with Crippen molar-refractivity contribution in [3.63, 3.8) is 0 Å². The van der Waals surface area contributed by atoms with Gasteiger partial charge in [0.05, 0.1) is 4.90 Å². The second kappa shape index (κ2) is 14.4. The summed E-state index contributed by atoms with van der Waals surface area (Å²) in [4.78, 5) is 59.9. The largest absolute Gasteiger partial charge is 0.481 e. The number of carboxylic acid groups (broad SMARTS) is 2. The Balaban J connectivity index is 2.00. The van der Waals surface area contributed by atoms with Crippen LogP contribution in [0.4, 0.5) is 16.2 Å². The number of halogens is 1. The molecule has 0 aliphatic rings. The van der Waals surface area contributed by atoms with E-state index in [0.717, 1.165) is 15.7 Å². The Hall–Kier alpha value is -3.77. The van der Waals surface area contributed by atoms with Gasteiger partial charge in [-0.2, -0.15) is 0 Å². The van der Waals surface area contributed by atoms with Crippen LogP contribution in [0.5, 0.6) is 0 Å². The van der Waals surface area contributed by atoms with E-state index in [4.69, 9.17) is 10.2 Å². The molecule has 0 fully saturated rings. The van der Waals surface area contributed by atoms with E-state index in [-0.39, 0.29) is 29.8 Å². The van der Waals surface area contributed by atoms with Gasteiger partial charge >= 0.3 is 18.0 Å². The van der Waals surface area contributed by atoms with Gasteiger partial charge in [-0.15, -0.1) is 0 Å². The zero-order valence-corrected chi connectivity index (χ0v) is 23.2. The smallest absolute Gasteiger partial charge is 0.326 e. The normalized spacial score (nSPS) is 12.5. The fourth-order valence-corrected chi connectivity index (χ4v) is 4.02. The van der Waals surface area contributed by atoms with Crippen molar-refractivity contribution >= 4 is 73.8 Å². The molecule has 2 aromatic carbocycles. The highest BCUT2D eigenvalue weighted by Crippen LogP contribution is 2.14. The minimum absolute atomic E-state index is 0.137. The fraction of sp³-hybridized carbons (Fsp3) is 0.261. The minimum atomic E-state index is -3.96. The molecule has 2 rings (SSSR count). The number of urea groups is 1. The lowest BCUT2D eigenvalue weighted by Gasteiger charge is -2.20. The quantitative estimate of drug-likeness (QED) is 0.151. The van der Waals surface area contributed by atoms with E-state index in [2.05, 4.69) is 43.9 Å². The Bertz CT molecular complexity index is 1320. The molecule has 8 N–H and O–H groups in total. The maximum absolute atomic E-state index is 12.7. The number of amides is 4. The minimum Gasteiger partial charge on any atom is -0.481 e. The van der Waals surface area contributed by atoms with Crippen LogP contribution in [-0.2, 0) is 29.2 Å². The molecule has 39 heavy (non-hydrogen) atoms. The van der Waals surface area contributed by atoms with Crippen LogP contribution < -0.4 is 26.4 Å². The maximum atomic E-state index is 12.7. The van der Waals surface area contributed by atoms with E-state index >= 15 is 0 Å². The van der Waals surface area contributed by atoms with Gasteiger partial charge in [0.15, 0.2) is 0 Å². The van der Waals surface area contributed by atoms with Gasteiger partial charge in [0.25, 0.3) is 0 Å². The lowest BCUT2D eigenvalue weighted by atomic mass is 10.1. The van der Waals surface area contributed by atoms with Gasteiger partial charge in [0.2, 0.25) is 21.8 Å². The highest BCUT2D eigenvalue weighted by atomic mass is 127. The molecule has 0 bridgehead atoms. The number of aliphatic carboxylic acids is 2. The molecular weight excluding hydrogens is 649 g/mol. The number of carbonyl (C=O) groups excluding carboxylic acids is 3. The number of benzene rings is 2. The van der Waals surface area contributed by atoms with E-state index in [1.54, 1.807) is 24.3 Å².